The summed E-state index contributed by atoms with van der Waals surface area (Å²) in [5.41, 5.74) is 1.64. The SMILES string of the molecule is O=C1NC(=S)S/C1=C/c1cc(Br)ccc1OCc1ccccn1. The van der Waals surface area contributed by atoms with Crippen LogP contribution < -0.4 is 10.1 Å². The van der Waals surface area contributed by atoms with Gasteiger partial charge in [0.2, 0.25) is 0 Å². The van der Waals surface area contributed by atoms with Crippen molar-refractivity contribution in [2.24, 2.45) is 0 Å². The Morgan fingerprint density at radius 1 is 1.35 bits per heavy atom. The molecule has 1 aliphatic heterocycles. The van der Waals surface area contributed by atoms with Gasteiger partial charge >= 0.3 is 0 Å². The Hall–Kier alpha value is -1.70. The van der Waals surface area contributed by atoms with E-state index in [1.807, 2.05) is 36.4 Å². The molecule has 0 saturated carbocycles. The zero-order chi connectivity index (χ0) is 16.2. The van der Waals surface area contributed by atoms with E-state index >= 15 is 0 Å². The molecule has 23 heavy (non-hydrogen) atoms. The van der Waals surface area contributed by atoms with Crippen molar-refractivity contribution in [3.8, 4) is 5.75 Å². The quantitative estimate of drug-likeness (QED) is 0.615. The van der Waals surface area contributed by atoms with E-state index in [0.717, 1.165) is 15.7 Å². The molecule has 0 aliphatic carbocycles. The van der Waals surface area contributed by atoms with Crippen molar-refractivity contribution >= 4 is 56.2 Å². The molecule has 1 saturated heterocycles. The molecule has 0 bridgehead atoms. The molecule has 7 heteroatoms. The van der Waals surface area contributed by atoms with Gasteiger partial charge in [0.15, 0.2) is 0 Å². The van der Waals surface area contributed by atoms with Gasteiger partial charge in [-0.1, -0.05) is 46.0 Å². The molecule has 1 aromatic carbocycles. The van der Waals surface area contributed by atoms with Gasteiger partial charge in [0.25, 0.3) is 5.91 Å². The zero-order valence-electron chi connectivity index (χ0n) is 11.8. The van der Waals surface area contributed by atoms with Crippen LogP contribution in [0.4, 0.5) is 0 Å². The van der Waals surface area contributed by atoms with Crippen molar-refractivity contribution in [1.29, 1.82) is 0 Å². The molecule has 0 unspecified atom stereocenters. The Morgan fingerprint density at radius 2 is 2.22 bits per heavy atom. The van der Waals surface area contributed by atoms with E-state index in [1.54, 1.807) is 12.3 Å². The second kappa shape index (κ2) is 7.25. The maximum Gasteiger partial charge on any atom is 0.263 e. The number of rotatable bonds is 4. The van der Waals surface area contributed by atoms with Gasteiger partial charge in [-0.05, 0) is 36.4 Å². The first-order valence-electron chi connectivity index (χ1n) is 6.69. The highest BCUT2D eigenvalue weighted by molar-refractivity contribution is 9.10. The second-order valence-corrected chi connectivity index (χ2v) is 7.28. The van der Waals surface area contributed by atoms with Crippen molar-refractivity contribution < 1.29 is 9.53 Å². The van der Waals surface area contributed by atoms with Crippen molar-refractivity contribution in [3.63, 3.8) is 0 Å². The number of hydrogen-bond donors (Lipinski definition) is 1. The zero-order valence-corrected chi connectivity index (χ0v) is 15.0. The maximum atomic E-state index is 11.8. The standard InChI is InChI=1S/C16H11BrN2O2S2/c17-11-4-5-13(21-9-12-3-1-2-6-18-12)10(7-11)8-14-15(20)19-16(22)23-14/h1-8H,9H2,(H,19,20,22)/b14-8+. The Morgan fingerprint density at radius 3 is 2.91 bits per heavy atom. The van der Waals surface area contributed by atoms with Crippen LogP contribution in [-0.4, -0.2) is 15.2 Å². The fourth-order valence-corrected chi connectivity index (χ4v) is 3.37. The van der Waals surface area contributed by atoms with Crippen LogP contribution in [0.2, 0.25) is 0 Å². The lowest BCUT2D eigenvalue weighted by Gasteiger charge is -2.10. The van der Waals surface area contributed by atoms with Gasteiger partial charge in [-0.25, -0.2) is 0 Å². The van der Waals surface area contributed by atoms with E-state index in [0.29, 0.717) is 21.6 Å². The summed E-state index contributed by atoms with van der Waals surface area (Å²) in [6.45, 7) is 0.358. The highest BCUT2D eigenvalue weighted by Crippen LogP contribution is 2.31. The Kier molecular flexibility index (Phi) is 5.09. The first-order chi connectivity index (χ1) is 11.1. The van der Waals surface area contributed by atoms with E-state index in [1.165, 1.54) is 11.8 Å². The first-order valence-corrected chi connectivity index (χ1v) is 8.71. The van der Waals surface area contributed by atoms with E-state index in [-0.39, 0.29) is 5.91 Å². The summed E-state index contributed by atoms with van der Waals surface area (Å²) in [7, 11) is 0. The molecule has 2 heterocycles. The van der Waals surface area contributed by atoms with Crippen LogP contribution in [0.25, 0.3) is 6.08 Å². The Balaban J connectivity index is 1.85. The minimum absolute atomic E-state index is 0.185. The van der Waals surface area contributed by atoms with E-state index in [9.17, 15) is 4.79 Å². The number of benzene rings is 1. The van der Waals surface area contributed by atoms with Gasteiger partial charge < -0.3 is 10.1 Å². The summed E-state index contributed by atoms with van der Waals surface area (Å²) in [6, 6.07) is 11.3. The minimum atomic E-state index is -0.185. The number of nitrogens with one attached hydrogen (secondary N) is 1. The number of ether oxygens (including phenoxy) is 1. The predicted octanol–water partition coefficient (Wildman–Crippen LogP) is 3.91. The van der Waals surface area contributed by atoms with E-state index in [2.05, 4.69) is 26.2 Å². The molecule has 1 amide bonds. The van der Waals surface area contributed by atoms with Crippen LogP contribution in [0.5, 0.6) is 5.75 Å². The fourth-order valence-electron chi connectivity index (χ4n) is 1.96. The summed E-state index contributed by atoms with van der Waals surface area (Å²) >= 11 is 9.69. The van der Waals surface area contributed by atoms with Gasteiger partial charge in [-0.2, -0.15) is 0 Å². The van der Waals surface area contributed by atoms with Crippen LogP contribution in [0, 0.1) is 0 Å². The molecule has 0 atom stereocenters. The number of aromatic nitrogens is 1. The van der Waals surface area contributed by atoms with Crippen LogP contribution in [0.15, 0.2) is 52.0 Å². The molecular weight excluding hydrogens is 396 g/mol. The summed E-state index contributed by atoms with van der Waals surface area (Å²) < 4.78 is 7.22. The minimum Gasteiger partial charge on any atom is -0.487 e. The summed E-state index contributed by atoms with van der Waals surface area (Å²) in [6.07, 6.45) is 3.50. The lowest BCUT2D eigenvalue weighted by Crippen LogP contribution is -2.17. The van der Waals surface area contributed by atoms with Crippen molar-refractivity contribution in [3.05, 3.63) is 63.2 Å². The van der Waals surface area contributed by atoms with Gasteiger partial charge in [0.1, 0.15) is 16.7 Å². The van der Waals surface area contributed by atoms with Gasteiger partial charge in [-0.3, -0.25) is 9.78 Å². The lowest BCUT2D eigenvalue weighted by atomic mass is 10.2. The molecule has 3 rings (SSSR count). The fraction of sp³-hybridized carbons (Fsp3) is 0.0625. The molecule has 0 spiro atoms. The van der Waals surface area contributed by atoms with Crippen LogP contribution in [-0.2, 0) is 11.4 Å². The molecule has 0 radical (unpaired) electrons. The molecule has 1 aromatic heterocycles. The number of thiocarbonyl (C=S) groups is 1. The molecule has 4 nitrogen and oxygen atoms in total. The average molecular weight is 407 g/mol. The second-order valence-electron chi connectivity index (χ2n) is 4.64. The number of halogens is 1. The lowest BCUT2D eigenvalue weighted by molar-refractivity contribution is -0.115. The van der Waals surface area contributed by atoms with Crippen LogP contribution in [0.3, 0.4) is 0 Å². The Bertz CT molecular complexity index is 794. The summed E-state index contributed by atoms with van der Waals surface area (Å²) in [5.74, 6) is 0.494. The van der Waals surface area contributed by atoms with Crippen LogP contribution >= 0.6 is 39.9 Å². The van der Waals surface area contributed by atoms with Crippen molar-refractivity contribution in [2.75, 3.05) is 0 Å². The van der Waals surface area contributed by atoms with E-state index in [4.69, 9.17) is 17.0 Å². The van der Waals surface area contributed by atoms with Gasteiger partial charge in [0.05, 0.1) is 10.6 Å². The average Bonchev–Trinajstić information content (AvgIpc) is 2.85. The number of carbonyl (C=O) groups is 1. The number of nitrogens with zero attached hydrogens (tertiary/aromatic N) is 1. The normalized spacial score (nSPS) is 15.8. The molecule has 1 N–H and O–H groups in total. The third-order valence-corrected chi connectivity index (χ3v) is 4.66. The first kappa shape index (κ1) is 16.2. The number of hydrogen-bond acceptors (Lipinski definition) is 5. The third kappa shape index (κ3) is 4.19. The van der Waals surface area contributed by atoms with Crippen LogP contribution in [0.1, 0.15) is 11.3 Å². The smallest absolute Gasteiger partial charge is 0.263 e. The molecule has 116 valence electrons. The summed E-state index contributed by atoms with van der Waals surface area (Å²) in [4.78, 5) is 16.6. The molecule has 1 aliphatic rings. The van der Waals surface area contributed by atoms with Gasteiger partial charge in [0, 0.05) is 16.2 Å². The topological polar surface area (TPSA) is 51.2 Å². The summed E-state index contributed by atoms with van der Waals surface area (Å²) in [5, 5.41) is 2.60. The highest BCUT2D eigenvalue weighted by atomic mass is 79.9. The van der Waals surface area contributed by atoms with Gasteiger partial charge in [-0.15, -0.1) is 0 Å². The maximum absolute atomic E-state index is 11.8. The largest absolute Gasteiger partial charge is 0.487 e. The number of amides is 1. The predicted molar refractivity (Wildman–Crippen MR) is 99.0 cm³/mol. The van der Waals surface area contributed by atoms with Crippen molar-refractivity contribution in [1.82, 2.24) is 10.3 Å². The molecule has 1 fully saturated rings. The third-order valence-electron chi connectivity index (χ3n) is 3.00. The highest BCUT2D eigenvalue weighted by Gasteiger charge is 2.22. The van der Waals surface area contributed by atoms with Crippen molar-refractivity contribution in [2.45, 2.75) is 6.61 Å². The number of pyridine rings is 1. The number of thioether (sulfide) groups is 1. The Labute approximate surface area is 151 Å². The van der Waals surface area contributed by atoms with E-state index < -0.39 is 0 Å². The number of carbonyl (C=O) groups excluding carboxylic acids is 1. The molecular formula is C16H11BrN2O2S2. The monoisotopic (exact) mass is 406 g/mol. The molecule has 2 aromatic rings.